The zero-order chi connectivity index (χ0) is 11.4. The molecule has 0 unspecified atom stereocenters. The van der Waals surface area contributed by atoms with Gasteiger partial charge in [0.2, 0.25) is 0 Å². The maximum absolute atomic E-state index is 10.4. The Labute approximate surface area is 82.8 Å². The molecule has 6 heteroatoms. The number of nitrogens with one attached hydrogen (secondary N) is 1. The van der Waals surface area contributed by atoms with Crippen LogP contribution >= 0.6 is 0 Å². The highest BCUT2D eigenvalue weighted by Crippen LogP contribution is 1.74. The molecule has 14 heavy (non-hydrogen) atoms. The highest BCUT2D eigenvalue weighted by Gasteiger charge is 2.00. The number of methoxy groups -OCH3 is 2. The average Bonchev–Trinajstić information content (AvgIpc) is 2.18. The third-order valence-corrected chi connectivity index (χ3v) is 0.776. The Morgan fingerprint density at radius 1 is 1.36 bits per heavy atom. The lowest BCUT2D eigenvalue weighted by Crippen LogP contribution is -2.25. The van der Waals surface area contributed by atoms with Crippen LogP contribution in [0.1, 0.15) is 0 Å². The first-order valence-electron chi connectivity index (χ1n) is 3.63. The lowest BCUT2D eigenvalue weighted by Gasteiger charge is -2.00. The minimum absolute atomic E-state index is 0.309. The predicted octanol–water partition coefficient (Wildman–Crippen LogP) is -0.344. The van der Waals surface area contributed by atoms with Crippen LogP contribution in [-0.4, -0.2) is 39.8 Å². The molecule has 1 amide bonds. The molecule has 0 saturated heterocycles. The summed E-state index contributed by atoms with van der Waals surface area (Å²) in [6.45, 7) is 2.86. The summed E-state index contributed by atoms with van der Waals surface area (Å²) in [6.07, 6.45) is 1.03. The Hall–Kier alpha value is -1.40. The van der Waals surface area contributed by atoms with Crippen molar-refractivity contribution in [2.24, 2.45) is 0 Å². The van der Waals surface area contributed by atoms with E-state index in [0.29, 0.717) is 0 Å². The van der Waals surface area contributed by atoms with Crippen LogP contribution in [-0.2, 0) is 23.9 Å². The molecule has 0 aliphatic heterocycles. The van der Waals surface area contributed by atoms with Crippen LogP contribution in [0.5, 0.6) is 0 Å². The number of carbonyl (C=O) groups is 2. The van der Waals surface area contributed by atoms with Crippen LogP contribution in [0, 0.1) is 0 Å². The summed E-state index contributed by atoms with van der Waals surface area (Å²) >= 11 is 0. The van der Waals surface area contributed by atoms with Crippen molar-refractivity contribution in [3.05, 3.63) is 12.7 Å². The van der Waals surface area contributed by atoms with Gasteiger partial charge >= 0.3 is 5.97 Å². The van der Waals surface area contributed by atoms with E-state index in [4.69, 9.17) is 0 Å². The summed E-state index contributed by atoms with van der Waals surface area (Å²) < 4.78 is 8.47. The highest BCUT2D eigenvalue weighted by molar-refractivity contribution is 5.86. The van der Waals surface area contributed by atoms with Crippen LogP contribution in [0.15, 0.2) is 12.7 Å². The summed E-state index contributed by atoms with van der Waals surface area (Å²) in [4.78, 5) is 25.1. The van der Waals surface area contributed by atoms with Crippen molar-refractivity contribution in [3.8, 4) is 0 Å². The Bertz CT molecular complexity index is 181. The maximum atomic E-state index is 10.4. The predicted molar refractivity (Wildman–Crippen MR) is 49.2 cm³/mol. The fraction of sp³-hybridized carbons (Fsp3) is 0.500. The molecular weight excluding hydrogens is 190 g/mol. The number of hydrogen-bond donors (Lipinski definition) is 1. The quantitative estimate of drug-likeness (QED) is 0.386. The molecule has 0 aromatic rings. The lowest BCUT2D eigenvalue weighted by molar-refractivity contribution is -0.151. The molecule has 0 rings (SSSR count). The molecule has 0 aliphatic carbocycles. The van der Waals surface area contributed by atoms with Gasteiger partial charge in [0.05, 0.1) is 7.11 Å². The second-order valence-electron chi connectivity index (χ2n) is 1.94. The highest BCUT2D eigenvalue weighted by atomic mass is 16.7. The van der Waals surface area contributed by atoms with E-state index in [1.54, 1.807) is 14.2 Å². The Morgan fingerprint density at radius 3 is 2.21 bits per heavy atom. The largest absolute Gasteiger partial charge is 0.467 e. The Morgan fingerprint density at radius 2 is 1.86 bits per heavy atom. The van der Waals surface area contributed by atoms with Crippen LogP contribution in [0.3, 0.4) is 0 Å². The molecule has 0 spiro atoms. The van der Waals surface area contributed by atoms with E-state index in [1.165, 1.54) is 7.11 Å². The van der Waals surface area contributed by atoms with Gasteiger partial charge < -0.3 is 9.47 Å². The molecule has 0 radical (unpaired) electrons. The van der Waals surface area contributed by atoms with E-state index in [1.807, 2.05) is 5.48 Å². The van der Waals surface area contributed by atoms with Crippen molar-refractivity contribution in [2.45, 2.75) is 0 Å². The molecule has 0 atom stereocenters. The van der Waals surface area contributed by atoms with Crippen LogP contribution in [0.2, 0.25) is 0 Å². The van der Waals surface area contributed by atoms with Crippen LogP contribution in [0.25, 0.3) is 0 Å². The van der Waals surface area contributed by atoms with E-state index in [9.17, 15) is 9.59 Å². The number of ether oxygens (including phenoxy) is 2. The first-order chi connectivity index (χ1) is 6.62. The molecule has 0 aliphatic rings. The first-order valence-corrected chi connectivity index (χ1v) is 3.63. The summed E-state index contributed by atoms with van der Waals surface area (Å²) in [6, 6.07) is 0. The molecule has 1 N–H and O–H groups in total. The van der Waals surface area contributed by atoms with Gasteiger partial charge in [-0.2, -0.15) is 0 Å². The molecule has 0 aromatic heterocycles. The number of carbonyl (C=O) groups excluding carboxylic acids is 2. The second kappa shape index (κ2) is 11.6. The number of hydroxylamine groups is 1. The van der Waals surface area contributed by atoms with Crippen molar-refractivity contribution in [2.75, 3.05) is 27.9 Å². The van der Waals surface area contributed by atoms with Gasteiger partial charge in [-0.05, 0) is 6.08 Å². The molecule has 0 heterocycles. The van der Waals surface area contributed by atoms with Crippen LogP contribution in [0.4, 0.5) is 0 Å². The zero-order valence-electron chi connectivity index (χ0n) is 8.53. The monoisotopic (exact) mass is 205 g/mol. The standard InChI is InChI=1S/C6H9NO4.C2H6O/c1-3-5(8)7-11-4-6(9)10-2;1-3-2/h3H,1,4H2,2H3,(H,7,8);1-2H3. The zero-order valence-corrected chi connectivity index (χ0v) is 8.53. The normalized spacial score (nSPS) is 7.93. The molecule has 0 aromatic carbocycles. The third kappa shape index (κ3) is 13.2. The topological polar surface area (TPSA) is 73.9 Å². The van der Waals surface area contributed by atoms with Gasteiger partial charge in [0, 0.05) is 14.2 Å². The van der Waals surface area contributed by atoms with Gasteiger partial charge in [-0.1, -0.05) is 6.58 Å². The van der Waals surface area contributed by atoms with Gasteiger partial charge in [0.25, 0.3) is 5.91 Å². The van der Waals surface area contributed by atoms with E-state index in [0.717, 1.165) is 6.08 Å². The van der Waals surface area contributed by atoms with Gasteiger partial charge in [-0.3, -0.25) is 9.63 Å². The fourth-order valence-corrected chi connectivity index (χ4v) is 0.267. The van der Waals surface area contributed by atoms with E-state index < -0.39 is 11.9 Å². The van der Waals surface area contributed by atoms with Crippen molar-refractivity contribution in [1.29, 1.82) is 0 Å². The summed E-state index contributed by atoms with van der Waals surface area (Å²) in [5.41, 5.74) is 1.94. The van der Waals surface area contributed by atoms with Gasteiger partial charge in [0.1, 0.15) is 0 Å². The molecule has 82 valence electrons. The molecule has 0 saturated carbocycles. The number of hydrogen-bond acceptors (Lipinski definition) is 5. The average molecular weight is 205 g/mol. The summed E-state index contributed by atoms with van der Waals surface area (Å²) in [5, 5.41) is 0. The summed E-state index contributed by atoms with van der Waals surface area (Å²) in [5.74, 6) is -1.07. The van der Waals surface area contributed by atoms with Crippen molar-refractivity contribution >= 4 is 11.9 Å². The number of amides is 1. The minimum Gasteiger partial charge on any atom is -0.467 e. The molecular formula is C8H15NO5. The van der Waals surface area contributed by atoms with Crippen molar-refractivity contribution in [1.82, 2.24) is 5.48 Å². The van der Waals surface area contributed by atoms with Crippen molar-refractivity contribution < 1.29 is 23.9 Å². The minimum atomic E-state index is -0.561. The van der Waals surface area contributed by atoms with Gasteiger partial charge in [-0.25, -0.2) is 10.3 Å². The first kappa shape index (κ1) is 15.1. The Balaban J connectivity index is 0. The summed E-state index contributed by atoms with van der Waals surface area (Å²) in [7, 11) is 4.47. The molecule has 0 fully saturated rings. The Kier molecular flexibility index (Phi) is 12.5. The van der Waals surface area contributed by atoms with Gasteiger partial charge in [0.15, 0.2) is 6.61 Å². The van der Waals surface area contributed by atoms with E-state index >= 15 is 0 Å². The van der Waals surface area contributed by atoms with Gasteiger partial charge in [-0.15, -0.1) is 0 Å². The van der Waals surface area contributed by atoms with Crippen molar-refractivity contribution in [3.63, 3.8) is 0 Å². The third-order valence-electron chi connectivity index (χ3n) is 0.776. The molecule has 6 nitrogen and oxygen atoms in total. The van der Waals surface area contributed by atoms with E-state index in [2.05, 4.69) is 20.9 Å². The fourth-order valence-electron chi connectivity index (χ4n) is 0.267. The number of rotatable bonds is 4. The lowest BCUT2D eigenvalue weighted by atomic mass is 10.6. The maximum Gasteiger partial charge on any atom is 0.334 e. The number of esters is 1. The van der Waals surface area contributed by atoms with E-state index in [-0.39, 0.29) is 6.61 Å². The molecule has 0 bridgehead atoms. The van der Waals surface area contributed by atoms with Crippen LogP contribution < -0.4 is 5.48 Å². The smallest absolute Gasteiger partial charge is 0.334 e. The second-order valence-corrected chi connectivity index (χ2v) is 1.94. The SMILES string of the molecule is C=CC(=O)NOCC(=O)OC.COC.